The lowest BCUT2D eigenvalue weighted by Gasteiger charge is -2.04. The van der Waals surface area contributed by atoms with Gasteiger partial charge in [0.2, 0.25) is 0 Å². The Morgan fingerprint density at radius 1 is 1.42 bits per heavy atom. The molecule has 2 heteroatoms. The summed E-state index contributed by atoms with van der Waals surface area (Å²) in [6.45, 7) is 1.72. The Kier molecular flexibility index (Phi) is 2.86. The highest BCUT2D eigenvalue weighted by atomic mass is 16.4. The number of benzene rings is 1. The van der Waals surface area contributed by atoms with Crippen LogP contribution in [0.1, 0.15) is 12.5 Å². The van der Waals surface area contributed by atoms with Crippen LogP contribution in [0.4, 0.5) is 0 Å². The molecule has 12 heavy (non-hydrogen) atoms. The maximum absolute atomic E-state index is 10.5. The van der Waals surface area contributed by atoms with E-state index in [4.69, 9.17) is 5.11 Å². The second-order valence-electron chi connectivity index (χ2n) is 2.93. The van der Waals surface area contributed by atoms with Crippen LogP contribution >= 0.6 is 0 Å². The molecule has 2 nitrogen and oxygen atoms in total. The maximum Gasteiger partial charge on any atom is 0.306 e. The number of carboxylic acid groups (broad SMARTS) is 1. The third-order valence-electron chi connectivity index (χ3n) is 1.81. The van der Waals surface area contributed by atoms with Gasteiger partial charge in [0.1, 0.15) is 0 Å². The zero-order chi connectivity index (χ0) is 8.97. The molecular weight excluding hydrogens is 152 g/mol. The highest BCUT2D eigenvalue weighted by Crippen LogP contribution is 2.07. The van der Waals surface area contributed by atoms with Crippen molar-refractivity contribution in [2.75, 3.05) is 0 Å². The monoisotopic (exact) mass is 164 g/mol. The molecule has 0 aromatic heterocycles. The van der Waals surface area contributed by atoms with Crippen molar-refractivity contribution in [1.82, 2.24) is 0 Å². The minimum Gasteiger partial charge on any atom is -0.481 e. The van der Waals surface area contributed by atoms with Crippen LogP contribution in [0.3, 0.4) is 0 Å². The predicted octanol–water partition coefficient (Wildman–Crippen LogP) is 1.95. The first-order chi connectivity index (χ1) is 5.70. The lowest BCUT2D eigenvalue weighted by molar-refractivity contribution is -0.141. The molecule has 0 aliphatic heterocycles. The summed E-state index contributed by atoms with van der Waals surface area (Å²) in [7, 11) is 0. The van der Waals surface area contributed by atoms with Gasteiger partial charge in [-0.2, -0.15) is 0 Å². The molecule has 0 heterocycles. The van der Waals surface area contributed by atoms with Crippen LogP contribution < -0.4 is 0 Å². The molecule has 0 amide bonds. The Morgan fingerprint density at radius 3 is 2.50 bits per heavy atom. The third-order valence-corrected chi connectivity index (χ3v) is 1.81. The van der Waals surface area contributed by atoms with E-state index in [2.05, 4.69) is 0 Å². The van der Waals surface area contributed by atoms with Crippen LogP contribution in [0, 0.1) is 5.92 Å². The Labute approximate surface area is 71.8 Å². The lowest BCUT2D eigenvalue weighted by Crippen LogP contribution is -2.11. The first kappa shape index (κ1) is 8.78. The van der Waals surface area contributed by atoms with E-state index in [9.17, 15) is 4.79 Å². The van der Waals surface area contributed by atoms with Crippen LogP contribution in [-0.4, -0.2) is 11.1 Å². The minimum atomic E-state index is -0.737. The number of hydrogen-bond acceptors (Lipinski definition) is 1. The van der Waals surface area contributed by atoms with E-state index in [0.29, 0.717) is 6.42 Å². The molecule has 0 aliphatic carbocycles. The Bertz CT molecular complexity index is 254. The Hall–Kier alpha value is -1.31. The van der Waals surface area contributed by atoms with E-state index >= 15 is 0 Å². The summed E-state index contributed by atoms with van der Waals surface area (Å²) < 4.78 is 0. The Morgan fingerprint density at radius 2 is 2.00 bits per heavy atom. The second-order valence-corrected chi connectivity index (χ2v) is 2.93. The first-order valence-electron chi connectivity index (χ1n) is 3.97. The molecule has 0 saturated heterocycles. The maximum atomic E-state index is 10.5. The van der Waals surface area contributed by atoms with Crippen molar-refractivity contribution in [2.45, 2.75) is 13.3 Å². The largest absolute Gasteiger partial charge is 0.481 e. The minimum absolute atomic E-state index is 0.299. The van der Waals surface area contributed by atoms with Gasteiger partial charge in [-0.25, -0.2) is 0 Å². The molecule has 1 aromatic rings. The van der Waals surface area contributed by atoms with Gasteiger partial charge in [0, 0.05) is 0 Å². The average Bonchev–Trinajstić information content (AvgIpc) is 2.06. The van der Waals surface area contributed by atoms with Crippen LogP contribution in [0.25, 0.3) is 0 Å². The standard InChI is InChI=1S/C10H12O2/c1-8(10(11)12)7-9-5-3-2-4-6-9/h2-6,8H,7H2,1H3,(H,11,12)/t8-/m1/s1. The number of carbonyl (C=O) groups is 1. The summed E-state index contributed by atoms with van der Waals surface area (Å²) >= 11 is 0. The fourth-order valence-electron chi connectivity index (χ4n) is 1.05. The van der Waals surface area contributed by atoms with Gasteiger partial charge in [-0.05, 0) is 12.0 Å². The van der Waals surface area contributed by atoms with Gasteiger partial charge >= 0.3 is 5.97 Å². The molecule has 0 fully saturated rings. The predicted molar refractivity (Wildman–Crippen MR) is 46.9 cm³/mol. The zero-order valence-electron chi connectivity index (χ0n) is 7.03. The smallest absolute Gasteiger partial charge is 0.306 e. The summed E-state index contributed by atoms with van der Waals surface area (Å²) in [6.07, 6.45) is 0.607. The number of carboxylic acids is 1. The van der Waals surface area contributed by atoms with Crippen molar-refractivity contribution >= 4 is 5.97 Å². The topological polar surface area (TPSA) is 37.3 Å². The highest BCUT2D eigenvalue weighted by Gasteiger charge is 2.10. The average molecular weight is 164 g/mol. The number of aliphatic carboxylic acids is 1. The van der Waals surface area contributed by atoms with E-state index in [1.54, 1.807) is 6.92 Å². The van der Waals surface area contributed by atoms with Crippen LogP contribution in [0.15, 0.2) is 30.3 Å². The lowest BCUT2D eigenvalue weighted by atomic mass is 10.0. The normalized spacial score (nSPS) is 12.4. The highest BCUT2D eigenvalue weighted by molar-refractivity contribution is 5.69. The van der Waals surface area contributed by atoms with Crippen LogP contribution in [0.2, 0.25) is 0 Å². The molecule has 1 aromatic carbocycles. The molecule has 64 valence electrons. The molecule has 1 atom stereocenters. The van der Waals surface area contributed by atoms with Gasteiger partial charge in [0.25, 0.3) is 0 Å². The van der Waals surface area contributed by atoms with E-state index in [-0.39, 0.29) is 5.92 Å². The van der Waals surface area contributed by atoms with Gasteiger partial charge in [-0.15, -0.1) is 0 Å². The summed E-state index contributed by atoms with van der Waals surface area (Å²) in [5.74, 6) is -1.04. The van der Waals surface area contributed by atoms with Crippen molar-refractivity contribution < 1.29 is 9.90 Å². The van der Waals surface area contributed by atoms with E-state index < -0.39 is 5.97 Å². The van der Waals surface area contributed by atoms with Crippen molar-refractivity contribution in [1.29, 1.82) is 0 Å². The van der Waals surface area contributed by atoms with Crippen molar-refractivity contribution in [2.24, 2.45) is 5.92 Å². The molecule has 0 spiro atoms. The quantitative estimate of drug-likeness (QED) is 0.741. The molecule has 0 unspecified atom stereocenters. The Balaban J connectivity index is 2.58. The van der Waals surface area contributed by atoms with E-state index in [0.717, 1.165) is 5.56 Å². The van der Waals surface area contributed by atoms with Crippen LogP contribution in [0.5, 0.6) is 0 Å². The summed E-state index contributed by atoms with van der Waals surface area (Å²) in [5.41, 5.74) is 1.08. The number of hydrogen-bond donors (Lipinski definition) is 1. The third kappa shape index (κ3) is 2.38. The van der Waals surface area contributed by atoms with Crippen LogP contribution in [-0.2, 0) is 11.2 Å². The molecule has 0 saturated carbocycles. The van der Waals surface area contributed by atoms with Crippen molar-refractivity contribution in [3.8, 4) is 0 Å². The summed E-state index contributed by atoms with van der Waals surface area (Å²) in [5, 5.41) is 8.64. The number of rotatable bonds is 3. The van der Waals surface area contributed by atoms with E-state index in [1.165, 1.54) is 0 Å². The molecule has 0 aliphatic rings. The molecule has 1 rings (SSSR count). The first-order valence-corrected chi connectivity index (χ1v) is 3.97. The van der Waals surface area contributed by atoms with Gasteiger partial charge in [0.15, 0.2) is 0 Å². The van der Waals surface area contributed by atoms with Gasteiger partial charge in [0.05, 0.1) is 5.92 Å². The van der Waals surface area contributed by atoms with Crippen molar-refractivity contribution in [3.05, 3.63) is 35.9 Å². The SMILES string of the molecule is C[C@H](Cc1ccccc1)C(=O)O. The van der Waals surface area contributed by atoms with E-state index in [1.807, 2.05) is 30.3 Å². The molecular formula is C10H12O2. The zero-order valence-corrected chi connectivity index (χ0v) is 7.03. The van der Waals surface area contributed by atoms with Gasteiger partial charge < -0.3 is 5.11 Å². The van der Waals surface area contributed by atoms with Crippen molar-refractivity contribution in [3.63, 3.8) is 0 Å². The van der Waals surface area contributed by atoms with Gasteiger partial charge in [-0.1, -0.05) is 37.3 Å². The molecule has 0 bridgehead atoms. The molecule has 1 N–H and O–H groups in total. The molecule has 0 radical (unpaired) electrons. The fourth-order valence-corrected chi connectivity index (χ4v) is 1.05. The van der Waals surface area contributed by atoms with Gasteiger partial charge in [-0.3, -0.25) is 4.79 Å². The summed E-state index contributed by atoms with van der Waals surface area (Å²) in [6, 6.07) is 9.65. The second kappa shape index (κ2) is 3.90. The fraction of sp³-hybridized carbons (Fsp3) is 0.300. The summed E-state index contributed by atoms with van der Waals surface area (Å²) in [4.78, 5) is 10.5.